The summed E-state index contributed by atoms with van der Waals surface area (Å²) in [5.41, 5.74) is 2.41. The molecule has 1 aliphatic rings. The third-order valence-corrected chi connectivity index (χ3v) is 8.81. The minimum Gasteiger partial charge on any atom is -0.473 e. The molecule has 0 radical (unpaired) electrons. The molecule has 1 N–H and O–H groups in total. The van der Waals surface area contributed by atoms with Gasteiger partial charge in [-0.25, -0.2) is 14.0 Å². The van der Waals surface area contributed by atoms with Crippen molar-refractivity contribution in [2.75, 3.05) is 24.5 Å². The van der Waals surface area contributed by atoms with Crippen molar-refractivity contribution in [1.82, 2.24) is 19.4 Å². The Balaban J connectivity index is 1.22. The van der Waals surface area contributed by atoms with E-state index in [1.54, 1.807) is 31.3 Å². The number of nitrogens with one attached hydrogen (secondary N) is 1. The van der Waals surface area contributed by atoms with Crippen LogP contribution >= 0.6 is 0 Å². The Morgan fingerprint density at radius 3 is 2.14 bits per heavy atom. The van der Waals surface area contributed by atoms with Crippen molar-refractivity contribution < 1.29 is 23.4 Å². The van der Waals surface area contributed by atoms with E-state index in [1.807, 2.05) is 86.3 Å². The summed E-state index contributed by atoms with van der Waals surface area (Å²) < 4.78 is 36.7. The Labute approximate surface area is 291 Å². The van der Waals surface area contributed by atoms with Gasteiger partial charge in [0.05, 0.1) is 11.2 Å². The number of pyridine rings is 1. The SMILES string of the molecule is Cn1c(=O)n(-c2ccc(OCc3ccccc3)nc2OCc2ccccc2)c2ccc(N3CCC(CCNC(=O)OC(C)(C)C)CC3)c(F)c21. The zero-order valence-electron chi connectivity index (χ0n) is 29.0. The number of piperidine rings is 1. The predicted octanol–water partition coefficient (Wildman–Crippen LogP) is 7.15. The number of fused-ring (bicyclic) bond motifs is 1. The molecular formula is C39H44FN5O5. The van der Waals surface area contributed by atoms with Crippen molar-refractivity contribution in [1.29, 1.82) is 0 Å². The first-order valence-electron chi connectivity index (χ1n) is 17.0. The van der Waals surface area contributed by atoms with Crippen molar-refractivity contribution in [3.63, 3.8) is 0 Å². The first-order chi connectivity index (χ1) is 24.1. The Bertz CT molecular complexity index is 1980. The van der Waals surface area contributed by atoms with E-state index in [9.17, 15) is 9.59 Å². The van der Waals surface area contributed by atoms with E-state index in [4.69, 9.17) is 14.2 Å². The highest BCUT2D eigenvalue weighted by Gasteiger charge is 2.26. The molecule has 5 aromatic rings. The summed E-state index contributed by atoms with van der Waals surface area (Å²) >= 11 is 0. The van der Waals surface area contributed by atoms with Gasteiger partial charge in [-0.15, -0.1) is 0 Å². The number of nitrogens with zero attached hydrogens (tertiary/aromatic N) is 4. The van der Waals surface area contributed by atoms with Crippen LogP contribution in [0.15, 0.2) is 89.7 Å². The molecule has 3 aromatic carbocycles. The van der Waals surface area contributed by atoms with Crippen molar-refractivity contribution >= 4 is 22.8 Å². The lowest BCUT2D eigenvalue weighted by atomic mass is 9.93. The second-order valence-electron chi connectivity index (χ2n) is 13.6. The van der Waals surface area contributed by atoms with Gasteiger partial charge < -0.3 is 24.4 Å². The lowest BCUT2D eigenvalue weighted by Gasteiger charge is -2.34. The Kier molecular flexibility index (Phi) is 10.4. The number of hydrogen-bond acceptors (Lipinski definition) is 7. The molecule has 0 saturated carbocycles. The van der Waals surface area contributed by atoms with Gasteiger partial charge >= 0.3 is 11.8 Å². The van der Waals surface area contributed by atoms with E-state index in [1.165, 1.54) is 9.13 Å². The van der Waals surface area contributed by atoms with E-state index in [-0.39, 0.29) is 18.0 Å². The van der Waals surface area contributed by atoms with Crippen LogP contribution in [-0.2, 0) is 25.0 Å². The van der Waals surface area contributed by atoms with E-state index >= 15 is 4.39 Å². The van der Waals surface area contributed by atoms with Gasteiger partial charge in [0.25, 0.3) is 0 Å². The Hall–Kier alpha value is -5.32. The lowest BCUT2D eigenvalue weighted by molar-refractivity contribution is 0.0524. The second kappa shape index (κ2) is 15.1. The van der Waals surface area contributed by atoms with Crippen LogP contribution in [0, 0.1) is 11.7 Å². The third-order valence-electron chi connectivity index (χ3n) is 8.81. The highest BCUT2D eigenvalue weighted by molar-refractivity contribution is 5.83. The smallest absolute Gasteiger partial charge is 0.407 e. The lowest BCUT2D eigenvalue weighted by Crippen LogP contribution is -2.37. The minimum atomic E-state index is -0.539. The van der Waals surface area contributed by atoms with Crippen molar-refractivity contribution in [3.8, 4) is 17.4 Å². The Morgan fingerprint density at radius 2 is 1.50 bits per heavy atom. The van der Waals surface area contributed by atoms with Crippen LogP contribution in [0.4, 0.5) is 14.9 Å². The van der Waals surface area contributed by atoms with Crippen molar-refractivity contribution in [2.45, 2.75) is 58.8 Å². The van der Waals surface area contributed by atoms with E-state index in [0.29, 0.717) is 54.9 Å². The maximum atomic E-state index is 16.4. The maximum absolute atomic E-state index is 16.4. The summed E-state index contributed by atoms with van der Waals surface area (Å²) in [7, 11) is 1.58. The van der Waals surface area contributed by atoms with Crippen LogP contribution in [0.3, 0.4) is 0 Å². The first-order valence-corrected chi connectivity index (χ1v) is 17.0. The van der Waals surface area contributed by atoms with Crippen LogP contribution < -0.4 is 25.4 Å². The molecule has 11 heteroatoms. The number of aromatic nitrogens is 3. The maximum Gasteiger partial charge on any atom is 0.407 e. The predicted molar refractivity (Wildman–Crippen MR) is 192 cm³/mol. The summed E-state index contributed by atoms with van der Waals surface area (Å²) in [6, 6.07) is 26.4. The molecule has 50 heavy (non-hydrogen) atoms. The van der Waals surface area contributed by atoms with Crippen LogP contribution in [-0.4, -0.2) is 45.4 Å². The third kappa shape index (κ3) is 8.10. The summed E-state index contributed by atoms with van der Waals surface area (Å²) in [6.45, 7) is 7.90. The monoisotopic (exact) mass is 681 g/mol. The quantitative estimate of drug-likeness (QED) is 0.158. The van der Waals surface area contributed by atoms with Gasteiger partial charge in [-0.2, -0.15) is 4.98 Å². The fourth-order valence-electron chi connectivity index (χ4n) is 6.25. The molecule has 3 heterocycles. The van der Waals surface area contributed by atoms with Crippen LogP contribution in [0.5, 0.6) is 11.8 Å². The first kappa shape index (κ1) is 34.5. The number of halogens is 1. The van der Waals surface area contributed by atoms with Gasteiger partial charge in [0.15, 0.2) is 5.82 Å². The Morgan fingerprint density at radius 1 is 0.880 bits per heavy atom. The molecule has 0 unspecified atom stereocenters. The number of alkyl carbamates (subject to hydrolysis) is 1. The highest BCUT2D eigenvalue weighted by Crippen LogP contribution is 2.33. The molecule has 6 rings (SSSR count). The number of rotatable bonds is 11. The molecule has 2 aromatic heterocycles. The van der Waals surface area contributed by atoms with Gasteiger partial charge in [-0.3, -0.25) is 9.13 Å². The zero-order chi connectivity index (χ0) is 35.3. The molecule has 0 atom stereocenters. The molecule has 10 nitrogen and oxygen atoms in total. The van der Waals surface area contributed by atoms with Crippen LogP contribution in [0.1, 0.15) is 51.2 Å². The van der Waals surface area contributed by atoms with Crippen molar-refractivity contribution in [3.05, 3.63) is 112 Å². The number of carbonyl (C=O) groups excluding carboxylic acids is 1. The van der Waals surface area contributed by atoms with Gasteiger partial charge in [-0.05, 0) is 75.3 Å². The average Bonchev–Trinajstić information content (AvgIpc) is 3.36. The van der Waals surface area contributed by atoms with Crippen LogP contribution in [0.2, 0.25) is 0 Å². The molecule has 0 aliphatic carbocycles. The van der Waals surface area contributed by atoms with Gasteiger partial charge in [0.2, 0.25) is 11.8 Å². The van der Waals surface area contributed by atoms with Gasteiger partial charge in [-0.1, -0.05) is 60.7 Å². The number of aryl methyl sites for hydroxylation is 1. The number of anilines is 1. The molecular weight excluding hydrogens is 637 g/mol. The van der Waals surface area contributed by atoms with E-state index in [0.717, 1.165) is 30.4 Å². The molecule has 0 bridgehead atoms. The molecule has 1 fully saturated rings. The zero-order valence-corrected chi connectivity index (χ0v) is 29.0. The van der Waals surface area contributed by atoms with Crippen molar-refractivity contribution in [2.24, 2.45) is 13.0 Å². The molecule has 1 saturated heterocycles. The molecule has 1 amide bonds. The minimum absolute atomic E-state index is 0.196. The number of benzene rings is 3. The summed E-state index contributed by atoms with van der Waals surface area (Å²) in [5, 5.41) is 2.83. The highest BCUT2D eigenvalue weighted by atomic mass is 19.1. The number of ether oxygens (including phenoxy) is 3. The topological polar surface area (TPSA) is 99.9 Å². The standard InChI is InChI=1S/C39H44FN5O5/c1-39(2,3)50-37(46)41-22-19-27-20-23-44(24-21-27)30-15-16-31-35(34(30)40)43(4)38(47)45(31)32-17-18-33(48-25-28-11-7-5-8-12-28)42-36(32)49-26-29-13-9-6-10-14-29/h5-18,27H,19-26H2,1-4H3,(H,41,46). The van der Waals surface area contributed by atoms with Gasteiger partial charge in [0.1, 0.15) is 30.0 Å². The molecule has 0 spiro atoms. The normalized spacial score (nSPS) is 13.7. The summed E-state index contributed by atoms with van der Waals surface area (Å²) in [6.07, 6.45) is 2.13. The number of hydrogen-bond donors (Lipinski definition) is 1. The summed E-state index contributed by atoms with van der Waals surface area (Å²) in [4.78, 5) is 32.5. The van der Waals surface area contributed by atoms with Crippen LogP contribution in [0.25, 0.3) is 16.7 Å². The number of carbonyl (C=O) groups is 1. The molecule has 262 valence electrons. The van der Waals surface area contributed by atoms with Gasteiger partial charge in [0, 0.05) is 32.7 Å². The van der Waals surface area contributed by atoms with E-state index in [2.05, 4.69) is 10.3 Å². The number of imidazole rings is 1. The summed E-state index contributed by atoms with van der Waals surface area (Å²) in [5.74, 6) is 0.487. The second-order valence-corrected chi connectivity index (χ2v) is 13.6. The average molecular weight is 682 g/mol. The fraction of sp³-hybridized carbons (Fsp3) is 0.359. The number of amides is 1. The largest absolute Gasteiger partial charge is 0.473 e. The molecule has 1 aliphatic heterocycles. The fourth-order valence-corrected chi connectivity index (χ4v) is 6.25. The van der Waals surface area contributed by atoms with E-state index < -0.39 is 23.2 Å².